The maximum Gasteiger partial charge on any atom is 0.246 e. The van der Waals surface area contributed by atoms with Crippen LogP contribution >= 0.6 is 24.0 Å². The van der Waals surface area contributed by atoms with Crippen molar-refractivity contribution in [3.05, 3.63) is 48.4 Å². The minimum absolute atomic E-state index is 0. The highest BCUT2D eigenvalue weighted by molar-refractivity contribution is 14.0. The maximum atomic E-state index is 12.0. The normalized spacial score (nSPS) is 10.8. The van der Waals surface area contributed by atoms with Gasteiger partial charge in [0.2, 0.25) is 5.91 Å². The summed E-state index contributed by atoms with van der Waals surface area (Å²) in [7, 11) is 0. The second kappa shape index (κ2) is 13.8. The zero-order valence-electron chi connectivity index (χ0n) is 15.8. The molecule has 0 aliphatic carbocycles. The quantitative estimate of drug-likeness (QED) is 0.131. The fourth-order valence-electron chi connectivity index (χ4n) is 2.19. The third-order valence-electron chi connectivity index (χ3n) is 3.46. The van der Waals surface area contributed by atoms with Gasteiger partial charge in [-0.2, -0.15) is 0 Å². The number of halogens is 1. The average molecular weight is 502 g/mol. The monoisotopic (exact) mass is 502 g/mol. The lowest BCUT2D eigenvalue weighted by atomic mass is 10.3. The van der Waals surface area contributed by atoms with Gasteiger partial charge in [-0.1, -0.05) is 0 Å². The van der Waals surface area contributed by atoms with Gasteiger partial charge in [-0.3, -0.25) is 4.79 Å². The van der Waals surface area contributed by atoms with E-state index in [1.54, 1.807) is 18.4 Å². The number of ether oxygens (including phenoxy) is 1. The molecular formula is C19H27IN4O4. The van der Waals surface area contributed by atoms with Crippen molar-refractivity contribution in [2.24, 2.45) is 4.99 Å². The van der Waals surface area contributed by atoms with Crippen molar-refractivity contribution in [3.8, 4) is 5.75 Å². The number of hydrogen-bond donors (Lipinski definition) is 4. The molecule has 0 fully saturated rings. The van der Waals surface area contributed by atoms with E-state index in [1.165, 1.54) is 12.1 Å². The van der Waals surface area contributed by atoms with E-state index < -0.39 is 0 Å². The van der Waals surface area contributed by atoms with E-state index in [0.717, 1.165) is 12.2 Å². The number of phenolic OH excluding ortho intramolecular Hbond substituents is 1. The van der Waals surface area contributed by atoms with Crippen LogP contribution in [0.2, 0.25) is 0 Å². The van der Waals surface area contributed by atoms with Crippen LogP contribution in [0.1, 0.15) is 19.1 Å². The maximum absolute atomic E-state index is 12.0. The molecule has 2 aromatic rings. The Labute approximate surface area is 181 Å². The lowest BCUT2D eigenvalue weighted by molar-refractivity contribution is -0.114. The van der Waals surface area contributed by atoms with Gasteiger partial charge < -0.3 is 30.2 Å². The number of guanidine groups is 1. The molecule has 0 aliphatic rings. The highest BCUT2D eigenvalue weighted by atomic mass is 127. The molecule has 0 unspecified atom stereocenters. The first-order valence-corrected chi connectivity index (χ1v) is 8.88. The van der Waals surface area contributed by atoms with Gasteiger partial charge in [0.15, 0.2) is 5.96 Å². The van der Waals surface area contributed by atoms with Crippen molar-refractivity contribution in [1.82, 2.24) is 10.6 Å². The molecule has 1 aromatic heterocycles. The van der Waals surface area contributed by atoms with E-state index in [0.29, 0.717) is 38.0 Å². The van der Waals surface area contributed by atoms with Crippen LogP contribution in [0.4, 0.5) is 5.69 Å². The number of aliphatic imine (C=N–C) groups is 1. The molecule has 9 heteroatoms. The smallest absolute Gasteiger partial charge is 0.246 e. The van der Waals surface area contributed by atoms with Crippen molar-refractivity contribution in [3.63, 3.8) is 0 Å². The van der Waals surface area contributed by atoms with E-state index in [2.05, 4.69) is 20.9 Å². The van der Waals surface area contributed by atoms with Crippen LogP contribution in [0.3, 0.4) is 0 Å². The molecular weight excluding hydrogens is 475 g/mol. The number of phenols is 1. The van der Waals surface area contributed by atoms with Gasteiger partial charge in [-0.05, 0) is 49.7 Å². The number of anilines is 1. The molecule has 0 bridgehead atoms. The molecule has 0 aliphatic heterocycles. The van der Waals surface area contributed by atoms with Gasteiger partial charge in [-0.15, -0.1) is 24.0 Å². The zero-order valence-corrected chi connectivity index (χ0v) is 18.1. The summed E-state index contributed by atoms with van der Waals surface area (Å²) in [5, 5.41) is 18.2. The van der Waals surface area contributed by atoms with Gasteiger partial charge in [0, 0.05) is 25.4 Å². The number of hydrogen-bond acceptors (Lipinski definition) is 5. The number of rotatable bonds is 10. The molecule has 8 nitrogen and oxygen atoms in total. The van der Waals surface area contributed by atoms with Crippen molar-refractivity contribution >= 4 is 41.5 Å². The average Bonchev–Trinajstić information content (AvgIpc) is 3.18. The third kappa shape index (κ3) is 9.60. The van der Waals surface area contributed by atoms with Crippen LogP contribution in [-0.2, 0) is 16.1 Å². The second-order valence-corrected chi connectivity index (χ2v) is 5.70. The van der Waals surface area contributed by atoms with Gasteiger partial charge in [0.1, 0.15) is 24.7 Å². The number of amides is 1. The molecule has 0 spiro atoms. The lowest BCUT2D eigenvalue weighted by Gasteiger charge is -2.11. The van der Waals surface area contributed by atoms with Crippen molar-refractivity contribution in [2.75, 3.05) is 31.6 Å². The van der Waals surface area contributed by atoms with Crippen LogP contribution in [0.25, 0.3) is 0 Å². The van der Waals surface area contributed by atoms with Crippen LogP contribution in [0, 0.1) is 0 Å². The number of nitrogens with zero attached hydrogens (tertiary/aromatic N) is 1. The minimum Gasteiger partial charge on any atom is -0.508 e. The van der Waals surface area contributed by atoms with E-state index in [4.69, 9.17) is 9.15 Å². The summed E-state index contributed by atoms with van der Waals surface area (Å²) in [5.74, 6) is 1.29. The minimum atomic E-state index is -0.236. The molecule has 4 N–H and O–H groups in total. The number of carbonyl (C=O) groups excluding carboxylic acids is 1. The Morgan fingerprint density at radius 2 is 2.00 bits per heavy atom. The Hall–Kier alpha value is -2.27. The topological polar surface area (TPSA) is 108 Å². The molecule has 154 valence electrons. The van der Waals surface area contributed by atoms with E-state index in [-0.39, 0.29) is 42.2 Å². The molecule has 0 saturated heterocycles. The van der Waals surface area contributed by atoms with Crippen molar-refractivity contribution < 1.29 is 19.1 Å². The molecule has 0 atom stereocenters. The number of aromatic hydroxyl groups is 1. The Balaban J connectivity index is 0.00000392. The number of furan rings is 1. The summed E-state index contributed by atoms with van der Waals surface area (Å²) in [4.78, 5) is 16.2. The summed E-state index contributed by atoms with van der Waals surface area (Å²) in [6.07, 6.45) is 2.42. The fourth-order valence-corrected chi connectivity index (χ4v) is 2.19. The van der Waals surface area contributed by atoms with E-state index in [1.807, 2.05) is 19.1 Å². The molecule has 28 heavy (non-hydrogen) atoms. The third-order valence-corrected chi connectivity index (χ3v) is 3.46. The molecule has 1 heterocycles. The molecule has 0 saturated carbocycles. The van der Waals surface area contributed by atoms with Crippen molar-refractivity contribution in [1.29, 1.82) is 0 Å². The summed E-state index contributed by atoms with van der Waals surface area (Å²) < 4.78 is 10.7. The highest BCUT2D eigenvalue weighted by Crippen LogP contribution is 2.13. The largest absolute Gasteiger partial charge is 0.508 e. The Bertz CT molecular complexity index is 705. The van der Waals surface area contributed by atoms with E-state index in [9.17, 15) is 9.90 Å². The van der Waals surface area contributed by atoms with Gasteiger partial charge in [0.25, 0.3) is 0 Å². The van der Waals surface area contributed by atoms with Crippen LogP contribution in [-0.4, -0.2) is 43.2 Å². The first-order chi connectivity index (χ1) is 13.2. The van der Waals surface area contributed by atoms with E-state index >= 15 is 0 Å². The standard InChI is InChI=1S/C19H26N4O4.HI/c1-2-20-19(21-10-4-11-26-14-17-5-3-12-27-17)22-13-18(25)23-15-6-8-16(24)9-7-15;/h3,5-9,12,24H,2,4,10-11,13-14H2,1H3,(H,23,25)(H2,20,21,22);1H. The first kappa shape index (κ1) is 23.8. The highest BCUT2D eigenvalue weighted by Gasteiger charge is 2.03. The fraction of sp³-hybridized carbons (Fsp3) is 0.368. The van der Waals surface area contributed by atoms with Crippen LogP contribution in [0.15, 0.2) is 52.1 Å². The van der Waals surface area contributed by atoms with Gasteiger partial charge in [-0.25, -0.2) is 4.99 Å². The van der Waals surface area contributed by atoms with Crippen LogP contribution < -0.4 is 16.0 Å². The Morgan fingerprint density at radius 3 is 2.68 bits per heavy atom. The van der Waals surface area contributed by atoms with Gasteiger partial charge in [0.05, 0.1) is 6.26 Å². The van der Waals surface area contributed by atoms with Gasteiger partial charge >= 0.3 is 0 Å². The predicted molar refractivity (Wildman–Crippen MR) is 119 cm³/mol. The Kier molecular flexibility index (Phi) is 11.7. The predicted octanol–water partition coefficient (Wildman–Crippen LogP) is 2.70. The number of benzene rings is 1. The molecule has 2 rings (SSSR count). The summed E-state index contributed by atoms with van der Waals surface area (Å²) >= 11 is 0. The summed E-state index contributed by atoms with van der Waals surface area (Å²) in [6.45, 7) is 4.36. The Morgan fingerprint density at radius 1 is 1.21 bits per heavy atom. The summed E-state index contributed by atoms with van der Waals surface area (Å²) in [5.41, 5.74) is 0.611. The molecule has 1 amide bonds. The SMILES string of the molecule is CCNC(=NCC(=O)Nc1ccc(O)cc1)NCCCOCc1ccco1.I. The number of carbonyl (C=O) groups is 1. The molecule has 1 aromatic carbocycles. The number of nitrogens with one attached hydrogen (secondary N) is 3. The van der Waals surface area contributed by atoms with Crippen LogP contribution in [0.5, 0.6) is 5.75 Å². The molecule has 0 radical (unpaired) electrons. The zero-order chi connectivity index (χ0) is 19.3. The summed E-state index contributed by atoms with van der Waals surface area (Å²) in [6, 6.07) is 9.98. The lowest BCUT2D eigenvalue weighted by Crippen LogP contribution is -2.38. The van der Waals surface area contributed by atoms with Crippen molar-refractivity contribution in [2.45, 2.75) is 20.0 Å². The first-order valence-electron chi connectivity index (χ1n) is 8.88. The second-order valence-electron chi connectivity index (χ2n) is 5.70.